The minimum Gasteiger partial charge on any atom is -0.207 e. The van der Waals surface area contributed by atoms with Crippen LogP contribution in [0.3, 0.4) is 0 Å². The Balaban J connectivity index is 2.31. The molecule has 0 aliphatic heterocycles. The van der Waals surface area contributed by atoms with E-state index in [0.717, 1.165) is 12.0 Å². The minimum absolute atomic E-state index is 0.169. The van der Waals surface area contributed by atoms with Crippen molar-refractivity contribution in [3.63, 3.8) is 0 Å². The Hall–Kier alpha value is -0.670. The Morgan fingerprint density at radius 1 is 1.25 bits per heavy atom. The highest BCUT2D eigenvalue weighted by atomic mass is 79.9. The molecule has 16 heavy (non-hydrogen) atoms. The predicted octanol–water partition coefficient (Wildman–Crippen LogP) is 4.93. The molecule has 0 nitrogen and oxygen atoms in total. The number of thiophene rings is 1. The van der Waals surface area contributed by atoms with E-state index in [1.54, 1.807) is 11.3 Å². The van der Waals surface area contributed by atoms with Crippen LogP contribution < -0.4 is 0 Å². The molecule has 0 saturated heterocycles. The number of hydrogen-bond acceptors (Lipinski definition) is 1. The summed E-state index contributed by atoms with van der Waals surface area (Å²) in [5, 5.41) is 2.10. The van der Waals surface area contributed by atoms with Crippen molar-refractivity contribution in [1.82, 2.24) is 0 Å². The average molecular weight is 299 g/mol. The first kappa shape index (κ1) is 11.8. The maximum atomic E-state index is 12.8. The van der Waals surface area contributed by atoms with E-state index in [4.69, 9.17) is 0 Å². The van der Waals surface area contributed by atoms with E-state index in [-0.39, 0.29) is 10.6 Å². The standard InChI is InChI=1S/C13H12BrFS/c1-2-9-7-8-16-13(9)12(14)10-3-5-11(15)6-4-10/h3-8,12H,2H2,1H3. The number of benzene rings is 1. The summed E-state index contributed by atoms with van der Waals surface area (Å²) in [5.74, 6) is -0.189. The Morgan fingerprint density at radius 3 is 2.56 bits per heavy atom. The molecule has 1 aromatic carbocycles. The molecular weight excluding hydrogens is 287 g/mol. The molecule has 0 spiro atoms. The summed E-state index contributed by atoms with van der Waals surface area (Å²) >= 11 is 5.42. The van der Waals surface area contributed by atoms with Gasteiger partial charge in [-0.3, -0.25) is 0 Å². The molecule has 3 heteroatoms. The third kappa shape index (κ3) is 2.36. The average Bonchev–Trinajstić information content (AvgIpc) is 2.77. The molecule has 1 atom stereocenters. The Labute approximate surface area is 107 Å². The molecule has 0 bridgehead atoms. The largest absolute Gasteiger partial charge is 0.207 e. The Morgan fingerprint density at radius 2 is 1.94 bits per heavy atom. The van der Waals surface area contributed by atoms with Gasteiger partial charge in [-0.05, 0) is 41.1 Å². The van der Waals surface area contributed by atoms with Crippen molar-refractivity contribution in [2.24, 2.45) is 0 Å². The summed E-state index contributed by atoms with van der Waals surface area (Å²) < 4.78 is 12.8. The van der Waals surface area contributed by atoms with Gasteiger partial charge in [0.05, 0.1) is 4.83 Å². The van der Waals surface area contributed by atoms with E-state index < -0.39 is 0 Å². The molecule has 0 radical (unpaired) electrons. The molecule has 1 heterocycles. The van der Waals surface area contributed by atoms with E-state index in [9.17, 15) is 4.39 Å². The van der Waals surface area contributed by atoms with Crippen LogP contribution in [0.2, 0.25) is 0 Å². The summed E-state index contributed by atoms with van der Waals surface area (Å²) in [6.07, 6.45) is 1.03. The second-order valence-corrected chi connectivity index (χ2v) is 5.44. The van der Waals surface area contributed by atoms with Gasteiger partial charge in [-0.15, -0.1) is 11.3 Å². The van der Waals surface area contributed by atoms with Gasteiger partial charge in [-0.25, -0.2) is 4.39 Å². The molecule has 0 fully saturated rings. The quantitative estimate of drug-likeness (QED) is 0.705. The van der Waals surface area contributed by atoms with E-state index >= 15 is 0 Å². The second kappa shape index (κ2) is 5.11. The van der Waals surface area contributed by atoms with Gasteiger partial charge in [0.25, 0.3) is 0 Å². The van der Waals surface area contributed by atoms with Crippen LogP contribution in [0.5, 0.6) is 0 Å². The molecule has 0 amide bonds. The summed E-state index contributed by atoms with van der Waals surface area (Å²) in [6.45, 7) is 2.15. The molecule has 0 N–H and O–H groups in total. The zero-order chi connectivity index (χ0) is 11.5. The maximum Gasteiger partial charge on any atom is 0.123 e. The SMILES string of the molecule is CCc1ccsc1C(Br)c1ccc(F)cc1. The number of hydrogen-bond donors (Lipinski definition) is 0. The van der Waals surface area contributed by atoms with Crippen LogP contribution in [0.1, 0.15) is 27.8 Å². The molecule has 0 saturated carbocycles. The fraction of sp³-hybridized carbons (Fsp3) is 0.231. The molecule has 84 valence electrons. The predicted molar refractivity (Wildman–Crippen MR) is 70.9 cm³/mol. The molecule has 2 rings (SSSR count). The number of rotatable bonds is 3. The number of halogens is 2. The number of aryl methyl sites for hydroxylation is 1. The van der Waals surface area contributed by atoms with Crippen molar-refractivity contribution in [3.8, 4) is 0 Å². The highest BCUT2D eigenvalue weighted by molar-refractivity contribution is 9.09. The van der Waals surface area contributed by atoms with Crippen molar-refractivity contribution in [2.75, 3.05) is 0 Å². The van der Waals surface area contributed by atoms with Gasteiger partial charge in [0, 0.05) is 4.88 Å². The van der Waals surface area contributed by atoms with Crippen LogP contribution in [0.25, 0.3) is 0 Å². The second-order valence-electron chi connectivity index (χ2n) is 3.58. The third-order valence-corrected chi connectivity index (χ3v) is 4.87. The zero-order valence-corrected chi connectivity index (χ0v) is 11.3. The van der Waals surface area contributed by atoms with Crippen LogP contribution in [-0.2, 0) is 6.42 Å². The van der Waals surface area contributed by atoms with Crippen LogP contribution in [0.4, 0.5) is 4.39 Å². The lowest BCUT2D eigenvalue weighted by Gasteiger charge is -2.10. The normalized spacial score (nSPS) is 12.7. The van der Waals surface area contributed by atoms with Crippen molar-refractivity contribution < 1.29 is 4.39 Å². The van der Waals surface area contributed by atoms with Crippen LogP contribution in [0, 0.1) is 5.82 Å². The molecular formula is C13H12BrFS. The highest BCUT2D eigenvalue weighted by Crippen LogP contribution is 2.36. The Bertz CT molecular complexity index is 461. The van der Waals surface area contributed by atoms with Crippen molar-refractivity contribution >= 4 is 27.3 Å². The highest BCUT2D eigenvalue weighted by Gasteiger charge is 2.14. The molecule has 1 aromatic heterocycles. The first-order valence-electron chi connectivity index (χ1n) is 5.18. The third-order valence-electron chi connectivity index (χ3n) is 2.55. The summed E-state index contributed by atoms with van der Waals surface area (Å²) in [6, 6.07) is 8.81. The van der Waals surface area contributed by atoms with Crippen LogP contribution >= 0.6 is 27.3 Å². The van der Waals surface area contributed by atoms with Gasteiger partial charge in [0.15, 0.2) is 0 Å². The minimum atomic E-state index is -0.189. The van der Waals surface area contributed by atoms with E-state index in [1.807, 2.05) is 12.1 Å². The molecule has 0 aliphatic rings. The Kier molecular flexibility index (Phi) is 3.77. The van der Waals surface area contributed by atoms with Gasteiger partial charge in [0.2, 0.25) is 0 Å². The summed E-state index contributed by atoms with van der Waals surface area (Å²) in [7, 11) is 0. The van der Waals surface area contributed by atoms with Crippen molar-refractivity contribution in [1.29, 1.82) is 0 Å². The van der Waals surface area contributed by atoms with E-state index in [2.05, 4.69) is 34.3 Å². The van der Waals surface area contributed by atoms with Gasteiger partial charge < -0.3 is 0 Å². The first-order valence-corrected chi connectivity index (χ1v) is 6.97. The molecule has 2 aromatic rings. The van der Waals surface area contributed by atoms with Gasteiger partial charge >= 0.3 is 0 Å². The topological polar surface area (TPSA) is 0 Å². The van der Waals surface area contributed by atoms with Gasteiger partial charge in [-0.2, -0.15) is 0 Å². The zero-order valence-electron chi connectivity index (χ0n) is 8.91. The lowest BCUT2D eigenvalue weighted by atomic mass is 10.1. The molecule has 0 aliphatic carbocycles. The summed E-state index contributed by atoms with van der Waals surface area (Å²) in [5.41, 5.74) is 2.45. The fourth-order valence-corrected chi connectivity index (χ4v) is 3.57. The van der Waals surface area contributed by atoms with Crippen LogP contribution in [0.15, 0.2) is 35.7 Å². The lowest BCUT2D eigenvalue weighted by molar-refractivity contribution is 0.627. The fourth-order valence-electron chi connectivity index (χ4n) is 1.64. The van der Waals surface area contributed by atoms with Crippen molar-refractivity contribution in [2.45, 2.75) is 18.2 Å². The smallest absolute Gasteiger partial charge is 0.123 e. The molecule has 1 unspecified atom stereocenters. The van der Waals surface area contributed by atoms with E-state index in [1.165, 1.54) is 22.6 Å². The van der Waals surface area contributed by atoms with Gasteiger partial charge in [0.1, 0.15) is 5.82 Å². The summed E-state index contributed by atoms with van der Waals surface area (Å²) in [4.78, 5) is 1.48. The van der Waals surface area contributed by atoms with Crippen LogP contribution in [-0.4, -0.2) is 0 Å². The lowest BCUT2D eigenvalue weighted by Crippen LogP contribution is -1.93. The first-order chi connectivity index (χ1) is 7.72. The van der Waals surface area contributed by atoms with Crippen molar-refractivity contribution in [3.05, 3.63) is 57.5 Å². The number of alkyl halides is 1. The monoisotopic (exact) mass is 298 g/mol. The van der Waals surface area contributed by atoms with E-state index in [0.29, 0.717) is 0 Å². The maximum absolute atomic E-state index is 12.8. The van der Waals surface area contributed by atoms with Gasteiger partial charge in [-0.1, -0.05) is 35.0 Å².